The highest BCUT2D eigenvalue weighted by molar-refractivity contribution is 6.00. The smallest absolute Gasteiger partial charge is 0.374 e. The SMILES string of the molecule is CCOC(=O)c1cc2cc(NC(=O)[C@@H]3[C@@H](c4ccccc4)CCN3C(=O)[C@H]3CC[C@H](C(N)CF)CC3)ccc2o1. The van der Waals surface area contributed by atoms with Gasteiger partial charge in [-0.05, 0) is 74.8 Å². The third-order valence-corrected chi connectivity index (χ3v) is 8.34. The van der Waals surface area contributed by atoms with E-state index in [0.717, 1.165) is 5.56 Å². The first kappa shape index (κ1) is 27.8. The number of benzene rings is 2. The lowest BCUT2D eigenvalue weighted by Gasteiger charge is -2.35. The topological polar surface area (TPSA) is 115 Å². The van der Waals surface area contributed by atoms with Gasteiger partial charge in [-0.3, -0.25) is 9.59 Å². The number of fused-ring (bicyclic) bond motifs is 1. The predicted molar refractivity (Wildman–Crippen MR) is 149 cm³/mol. The maximum absolute atomic E-state index is 13.9. The van der Waals surface area contributed by atoms with E-state index in [1.165, 1.54) is 0 Å². The van der Waals surface area contributed by atoms with Crippen LogP contribution in [0.3, 0.4) is 0 Å². The fourth-order valence-electron chi connectivity index (χ4n) is 6.21. The number of nitrogens with zero attached hydrogens (tertiary/aromatic N) is 1. The minimum atomic E-state index is -0.670. The number of nitrogens with two attached hydrogens (primary N) is 1. The lowest BCUT2D eigenvalue weighted by Crippen LogP contribution is -2.48. The summed E-state index contributed by atoms with van der Waals surface area (Å²) in [7, 11) is 0. The van der Waals surface area contributed by atoms with Gasteiger partial charge in [0.05, 0.1) is 6.61 Å². The van der Waals surface area contributed by atoms with Gasteiger partial charge in [0, 0.05) is 35.5 Å². The molecule has 1 aliphatic carbocycles. The molecule has 2 fully saturated rings. The summed E-state index contributed by atoms with van der Waals surface area (Å²) in [5, 5.41) is 3.66. The maximum Gasteiger partial charge on any atom is 0.374 e. The normalized spacial score (nSPS) is 23.6. The van der Waals surface area contributed by atoms with Crippen molar-refractivity contribution in [3.63, 3.8) is 0 Å². The van der Waals surface area contributed by atoms with E-state index in [0.29, 0.717) is 55.3 Å². The fraction of sp³-hybridized carbons (Fsp3) is 0.452. The average Bonchev–Trinajstić information content (AvgIpc) is 3.62. The molecular formula is C31H36FN3O5. The van der Waals surface area contributed by atoms with Crippen molar-refractivity contribution in [3.8, 4) is 0 Å². The molecule has 0 radical (unpaired) electrons. The Balaban J connectivity index is 1.36. The molecule has 2 aromatic carbocycles. The molecule has 5 rings (SSSR count). The van der Waals surface area contributed by atoms with Crippen LogP contribution in [-0.4, -0.2) is 54.6 Å². The molecular weight excluding hydrogens is 513 g/mol. The minimum Gasteiger partial charge on any atom is -0.460 e. The molecule has 1 aliphatic heterocycles. The van der Waals surface area contributed by atoms with E-state index in [-0.39, 0.29) is 41.9 Å². The Labute approximate surface area is 233 Å². The van der Waals surface area contributed by atoms with Gasteiger partial charge in [0.15, 0.2) is 0 Å². The van der Waals surface area contributed by atoms with Gasteiger partial charge in [-0.15, -0.1) is 0 Å². The number of alkyl halides is 1. The van der Waals surface area contributed by atoms with Crippen molar-refractivity contribution < 1.29 is 27.9 Å². The summed E-state index contributed by atoms with van der Waals surface area (Å²) in [5.41, 5.74) is 7.98. The Bertz CT molecular complexity index is 1350. The van der Waals surface area contributed by atoms with Crippen molar-refractivity contribution in [2.45, 2.75) is 57.0 Å². The van der Waals surface area contributed by atoms with Crippen molar-refractivity contribution in [2.24, 2.45) is 17.6 Å². The molecule has 8 nitrogen and oxygen atoms in total. The number of likely N-dealkylation sites (tertiary alicyclic amines) is 1. The molecule has 2 amide bonds. The number of halogens is 1. The van der Waals surface area contributed by atoms with Crippen LogP contribution in [0.15, 0.2) is 59.0 Å². The van der Waals surface area contributed by atoms with Gasteiger partial charge in [-0.25, -0.2) is 9.18 Å². The molecule has 9 heteroatoms. The highest BCUT2D eigenvalue weighted by atomic mass is 19.1. The summed E-state index contributed by atoms with van der Waals surface area (Å²) in [6.45, 7) is 1.90. The molecule has 1 aromatic heterocycles. The molecule has 1 saturated carbocycles. The monoisotopic (exact) mass is 549 g/mol. The molecule has 3 N–H and O–H groups in total. The first-order chi connectivity index (χ1) is 19.4. The molecule has 3 aromatic rings. The highest BCUT2D eigenvalue weighted by Gasteiger charge is 2.44. The Morgan fingerprint density at radius 3 is 2.52 bits per heavy atom. The van der Waals surface area contributed by atoms with Crippen LogP contribution in [0.1, 0.15) is 61.1 Å². The number of anilines is 1. The Morgan fingerprint density at radius 2 is 1.82 bits per heavy atom. The van der Waals surface area contributed by atoms with E-state index >= 15 is 0 Å². The van der Waals surface area contributed by atoms with Crippen LogP contribution in [0.2, 0.25) is 0 Å². The molecule has 1 unspecified atom stereocenters. The zero-order valence-electron chi connectivity index (χ0n) is 22.7. The van der Waals surface area contributed by atoms with Gasteiger partial charge in [0.1, 0.15) is 18.3 Å². The Kier molecular flexibility index (Phi) is 8.49. The van der Waals surface area contributed by atoms with Crippen LogP contribution in [0, 0.1) is 11.8 Å². The van der Waals surface area contributed by atoms with Gasteiger partial charge in [-0.2, -0.15) is 0 Å². The van der Waals surface area contributed by atoms with Crippen molar-refractivity contribution in [2.75, 3.05) is 25.1 Å². The van der Waals surface area contributed by atoms with E-state index in [1.807, 2.05) is 30.3 Å². The average molecular weight is 550 g/mol. The Morgan fingerprint density at radius 1 is 1.07 bits per heavy atom. The van der Waals surface area contributed by atoms with E-state index in [4.69, 9.17) is 14.9 Å². The molecule has 2 aliphatic rings. The number of amides is 2. The largest absolute Gasteiger partial charge is 0.460 e. The second-order valence-corrected chi connectivity index (χ2v) is 10.8. The predicted octanol–water partition coefficient (Wildman–Crippen LogP) is 5.04. The van der Waals surface area contributed by atoms with Crippen LogP contribution < -0.4 is 11.1 Å². The fourth-order valence-corrected chi connectivity index (χ4v) is 6.21. The summed E-state index contributed by atoms with van der Waals surface area (Å²) >= 11 is 0. The van der Waals surface area contributed by atoms with Gasteiger partial charge >= 0.3 is 5.97 Å². The standard InChI is InChI=1S/C31H36FN3O5/c1-2-39-31(38)27-17-22-16-23(12-13-26(22)40-27)34-29(36)28-24(19-6-4-3-5-7-19)14-15-35(28)30(37)21-10-8-20(9-11-21)25(33)18-32/h3-7,12-13,16-17,20-21,24-25,28H,2,8-11,14-15,18,33H2,1H3,(H,34,36)/t20-,21-,24-,25?,28+/m1/s1. The lowest BCUT2D eigenvalue weighted by atomic mass is 9.78. The number of hydrogen-bond donors (Lipinski definition) is 2. The second-order valence-electron chi connectivity index (χ2n) is 10.8. The van der Waals surface area contributed by atoms with Crippen LogP contribution in [0.25, 0.3) is 11.0 Å². The highest BCUT2D eigenvalue weighted by Crippen LogP contribution is 2.38. The molecule has 1 saturated heterocycles. The summed E-state index contributed by atoms with van der Waals surface area (Å²) in [5.74, 6) is -0.983. The molecule has 3 atom stereocenters. The number of carbonyl (C=O) groups is 3. The molecule has 2 heterocycles. The third kappa shape index (κ3) is 5.75. The van der Waals surface area contributed by atoms with E-state index < -0.39 is 24.7 Å². The summed E-state index contributed by atoms with van der Waals surface area (Å²) < 4.78 is 23.7. The van der Waals surface area contributed by atoms with Crippen molar-refractivity contribution in [1.82, 2.24) is 4.90 Å². The van der Waals surface area contributed by atoms with Gasteiger partial charge in [0.2, 0.25) is 17.6 Å². The van der Waals surface area contributed by atoms with E-state index in [9.17, 15) is 18.8 Å². The lowest BCUT2D eigenvalue weighted by molar-refractivity contribution is -0.141. The second kappa shape index (κ2) is 12.2. The van der Waals surface area contributed by atoms with Crippen molar-refractivity contribution >= 4 is 34.4 Å². The molecule has 0 bridgehead atoms. The van der Waals surface area contributed by atoms with Crippen LogP contribution in [-0.2, 0) is 14.3 Å². The maximum atomic E-state index is 13.9. The quantitative estimate of drug-likeness (QED) is 0.381. The number of furan rings is 1. The Hall–Kier alpha value is -3.72. The number of nitrogens with one attached hydrogen (secondary N) is 1. The molecule has 212 valence electrons. The van der Waals surface area contributed by atoms with Crippen LogP contribution in [0.5, 0.6) is 0 Å². The molecule has 0 spiro atoms. The number of esters is 1. The number of ether oxygens (including phenoxy) is 1. The van der Waals surface area contributed by atoms with Gasteiger partial charge in [-0.1, -0.05) is 30.3 Å². The number of carbonyl (C=O) groups excluding carboxylic acids is 3. The summed E-state index contributed by atoms with van der Waals surface area (Å²) in [4.78, 5) is 41.4. The van der Waals surface area contributed by atoms with E-state index in [2.05, 4.69) is 5.32 Å². The van der Waals surface area contributed by atoms with Crippen molar-refractivity contribution in [1.29, 1.82) is 0 Å². The third-order valence-electron chi connectivity index (χ3n) is 8.34. The first-order valence-corrected chi connectivity index (χ1v) is 14.1. The number of hydrogen-bond acceptors (Lipinski definition) is 6. The van der Waals surface area contributed by atoms with Crippen LogP contribution in [0.4, 0.5) is 10.1 Å². The summed E-state index contributed by atoms with van der Waals surface area (Å²) in [6.07, 6.45) is 3.41. The first-order valence-electron chi connectivity index (χ1n) is 14.1. The zero-order chi connectivity index (χ0) is 28.2. The van der Waals surface area contributed by atoms with Gasteiger partial charge < -0.3 is 25.1 Å². The number of rotatable bonds is 8. The zero-order valence-corrected chi connectivity index (χ0v) is 22.7. The van der Waals surface area contributed by atoms with Crippen LogP contribution >= 0.6 is 0 Å². The summed E-state index contributed by atoms with van der Waals surface area (Å²) in [6, 6.07) is 15.4. The van der Waals surface area contributed by atoms with Gasteiger partial charge in [0.25, 0.3) is 0 Å². The van der Waals surface area contributed by atoms with Crippen molar-refractivity contribution in [3.05, 3.63) is 65.9 Å². The molecule has 40 heavy (non-hydrogen) atoms. The minimum absolute atomic E-state index is 0.0183. The van der Waals surface area contributed by atoms with E-state index in [1.54, 1.807) is 36.1 Å².